The van der Waals surface area contributed by atoms with Crippen LogP contribution in [-0.4, -0.2) is 11.0 Å². The first-order valence-corrected chi connectivity index (χ1v) is 6.17. The Hall–Kier alpha value is -1.68. The van der Waals surface area contributed by atoms with Crippen LogP contribution in [0.3, 0.4) is 0 Å². The molecule has 0 saturated heterocycles. The predicted molar refractivity (Wildman–Crippen MR) is 66.5 cm³/mol. The Morgan fingerprint density at radius 2 is 2.28 bits per heavy atom. The molecular formula is C14H15FN2O. The van der Waals surface area contributed by atoms with Gasteiger partial charge >= 0.3 is 0 Å². The molecule has 0 spiro atoms. The molecule has 0 aliphatic heterocycles. The first kappa shape index (κ1) is 11.4. The highest BCUT2D eigenvalue weighted by atomic mass is 19.1. The number of halogens is 1. The Morgan fingerprint density at radius 1 is 1.44 bits per heavy atom. The molecule has 2 aromatic rings. The Labute approximate surface area is 105 Å². The molecule has 1 fully saturated rings. The molecule has 0 bridgehead atoms. The summed E-state index contributed by atoms with van der Waals surface area (Å²) >= 11 is 0. The van der Waals surface area contributed by atoms with Crippen molar-refractivity contribution in [2.24, 2.45) is 0 Å². The zero-order valence-electron chi connectivity index (χ0n) is 10.2. The van der Waals surface area contributed by atoms with Crippen molar-refractivity contribution >= 4 is 0 Å². The largest absolute Gasteiger partial charge is 0.439 e. The van der Waals surface area contributed by atoms with Crippen molar-refractivity contribution in [1.82, 2.24) is 10.3 Å². The summed E-state index contributed by atoms with van der Waals surface area (Å²) in [5.41, 5.74) is 1.74. The molecule has 18 heavy (non-hydrogen) atoms. The molecule has 1 N–H and O–H groups in total. The van der Waals surface area contributed by atoms with Gasteiger partial charge in [-0.3, -0.25) is 0 Å². The second-order valence-electron chi connectivity index (χ2n) is 4.73. The van der Waals surface area contributed by atoms with E-state index in [1.54, 1.807) is 12.3 Å². The number of hydrogen-bond donors (Lipinski definition) is 1. The van der Waals surface area contributed by atoms with Crippen LogP contribution in [0.15, 0.2) is 28.8 Å². The van der Waals surface area contributed by atoms with E-state index in [4.69, 9.17) is 4.42 Å². The molecule has 4 heteroatoms. The van der Waals surface area contributed by atoms with Crippen LogP contribution in [0.1, 0.15) is 24.3 Å². The zero-order chi connectivity index (χ0) is 12.5. The molecule has 1 heterocycles. The summed E-state index contributed by atoms with van der Waals surface area (Å²) in [6.45, 7) is 2.52. The molecule has 94 valence electrons. The van der Waals surface area contributed by atoms with Gasteiger partial charge in [-0.2, -0.15) is 0 Å². The van der Waals surface area contributed by atoms with E-state index < -0.39 is 0 Å². The molecule has 1 saturated carbocycles. The lowest BCUT2D eigenvalue weighted by atomic mass is 10.1. The number of aromatic nitrogens is 1. The molecule has 3 rings (SSSR count). The van der Waals surface area contributed by atoms with Crippen LogP contribution in [0.5, 0.6) is 0 Å². The van der Waals surface area contributed by atoms with Crippen molar-refractivity contribution in [2.75, 3.05) is 0 Å². The average Bonchev–Trinajstić information content (AvgIpc) is 3.05. The number of nitrogens with one attached hydrogen (secondary N) is 1. The number of rotatable bonds is 4. The second kappa shape index (κ2) is 4.53. The Morgan fingerprint density at radius 3 is 3.00 bits per heavy atom. The summed E-state index contributed by atoms with van der Waals surface area (Å²) in [7, 11) is 0. The lowest BCUT2D eigenvalue weighted by Crippen LogP contribution is -2.15. The molecule has 1 aliphatic carbocycles. The van der Waals surface area contributed by atoms with Crippen molar-refractivity contribution in [3.8, 4) is 11.3 Å². The van der Waals surface area contributed by atoms with Crippen molar-refractivity contribution in [1.29, 1.82) is 0 Å². The number of aryl methyl sites for hydroxylation is 1. The predicted octanol–water partition coefficient (Wildman–Crippen LogP) is 3.04. The highest BCUT2D eigenvalue weighted by Gasteiger charge is 2.21. The minimum absolute atomic E-state index is 0.230. The van der Waals surface area contributed by atoms with E-state index in [0.717, 1.165) is 11.1 Å². The van der Waals surface area contributed by atoms with E-state index in [2.05, 4.69) is 10.3 Å². The van der Waals surface area contributed by atoms with Gasteiger partial charge in [-0.15, -0.1) is 0 Å². The summed E-state index contributed by atoms with van der Waals surface area (Å²) in [5.74, 6) is 1.15. The van der Waals surface area contributed by atoms with Crippen LogP contribution < -0.4 is 5.32 Å². The van der Waals surface area contributed by atoms with Gasteiger partial charge in [-0.05, 0) is 43.5 Å². The van der Waals surface area contributed by atoms with Crippen molar-refractivity contribution in [3.63, 3.8) is 0 Å². The van der Waals surface area contributed by atoms with Gasteiger partial charge in [0, 0.05) is 11.6 Å². The highest BCUT2D eigenvalue weighted by molar-refractivity contribution is 5.60. The van der Waals surface area contributed by atoms with Crippen LogP contribution in [-0.2, 0) is 6.54 Å². The Bertz CT molecular complexity index is 561. The van der Waals surface area contributed by atoms with Gasteiger partial charge in [0.05, 0.1) is 12.7 Å². The maximum Gasteiger partial charge on any atom is 0.208 e. The van der Waals surface area contributed by atoms with Gasteiger partial charge in [0.25, 0.3) is 0 Å². The van der Waals surface area contributed by atoms with Gasteiger partial charge in [0.1, 0.15) is 5.82 Å². The summed E-state index contributed by atoms with van der Waals surface area (Å²) in [5, 5.41) is 3.35. The fourth-order valence-electron chi connectivity index (χ4n) is 1.94. The molecule has 1 aromatic heterocycles. The maximum atomic E-state index is 13.0. The lowest BCUT2D eigenvalue weighted by Gasteiger charge is -2.02. The smallest absolute Gasteiger partial charge is 0.208 e. The van der Waals surface area contributed by atoms with Crippen LogP contribution in [0.4, 0.5) is 4.39 Å². The maximum absolute atomic E-state index is 13.0. The monoisotopic (exact) mass is 246 g/mol. The van der Waals surface area contributed by atoms with Crippen molar-refractivity contribution < 1.29 is 8.81 Å². The summed E-state index contributed by atoms with van der Waals surface area (Å²) in [4.78, 5) is 4.23. The first-order valence-electron chi connectivity index (χ1n) is 6.17. The first-order chi connectivity index (χ1) is 8.72. The third-order valence-electron chi connectivity index (χ3n) is 3.13. The minimum Gasteiger partial charge on any atom is -0.439 e. The quantitative estimate of drug-likeness (QED) is 0.901. The zero-order valence-corrected chi connectivity index (χ0v) is 10.2. The SMILES string of the molecule is Cc1cc(F)ccc1-c1cnc(CNC2CC2)o1. The normalized spacial score (nSPS) is 15.0. The van der Waals surface area contributed by atoms with E-state index in [1.165, 1.54) is 25.0 Å². The lowest BCUT2D eigenvalue weighted by molar-refractivity contribution is 0.476. The fourth-order valence-corrected chi connectivity index (χ4v) is 1.94. The number of nitrogens with zero attached hydrogens (tertiary/aromatic N) is 1. The highest BCUT2D eigenvalue weighted by Crippen LogP contribution is 2.25. The van der Waals surface area contributed by atoms with Gasteiger partial charge < -0.3 is 9.73 Å². The van der Waals surface area contributed by atoms with Crippen LogP contribution in [0.25, 0.3) is 11.3 Å². The van der Waals surface area contributed by atoms with E-state index in [9.17, 15) is 4.39 Å². The van der Waals surface area contributed by atoms with Gasteiger partial charge in [-0.1, -0.05) is 0 Å². The molecule has 0 radical (unpaired) electrons. The number of oxazole rings is 1. The standard InChI is InChI=1S/C14H15FN2O/c1-9-6-10(15)2-5-12(9)13-7-17-14(18-13)8-16-11-3-4-11/h2,5-7,11,16H,3-4,8H2,1H3. The van der Waals surface area contributed by atoms with Gasteiger partial charge in [0.15, 0.2) is 5.76 Å². The third-order valence-corrected chi connectivity index (χ3v) is 3.13. The van der Waals surface area contributed by atoms with E-state index in [-0.39, 0.29) is 5.82 Å². The van der Waals surface area contributed by atoms with E-state index >= 15 is 0 Å². The number of hydrogen-bond acceptors (Lipinski definition) is 3. The summed E-state index contributed by atoms with van der Waals surface area (Å²) in [6.07, 6.45) is 4.18. The fraction of sp³-hybridized carbons (Fsp3) is 0.357. The average molecular weight is 246 g/mol. The summed E-state index contributed by atoms with van der Waals surface area (Å²) < 4.78 is 18.7. The molecule has 1 aromatic carbocycles. The Kier molecular flexibility index (Phi) is 2.88. The summed E-state index contributed by atoms with van der Waals surface area (Å²) in [6, 6.07) is 5.30. The Balaban J connectivity index is 1.78. The van der Waals surface area contributed by atoms with Crippen molar-refractivity contribution in [3.05, 3.63) is 41.7 Å². The molecule has 0 amide bonds. The van der Waals surface area contributed by atoms with E-state index in [1.807, 2.05) is 6.92 Å². The molecular weight excluding hydrogens is 231 g/mol. The minimum atomic E-state index is -0.230. The second-order valence-corrected chi connectivity index (χ2v) is 4.73. The molecule has 1 aliphatic rings. The topological polar surface area (TPSA) is 38.1 Å². The van der Waals surface area contributed by atoms with E-state index in [0.29, 0.717) is 24.2 Å². The van der Waals surface area contributed by atoms with Crippen LogP contribution >= 0.6 is 0 Å². The molecule has 0 unspecified atom stereocenters. The molecule has 0 atom stereocenters. The number of benzene rings is 1. The van der Waals surface area contributed by atoms with Gasteiger partial charge in [-0.25, -0.2) is 9.37 Å². The van der Waals surface area contributed by atoms with Gasteiger partial charge in [0.2, 0.25) is 5.89 Å². The van der Waals surface area contributed by atoms with Crippen LogP contribution in [0.2, 0.25) is 0 Å². The van der Waals surface area contributed by atoms with Crippen molar-refractivity contribution in [2.45, 2.75) is 32.4 Å². The molecule has 3 nitrogen and oxygen atoms in total. The van der Waals surface area contributed by atoms with Crippen LogP contribution in [0, 0.1) is 12.7 Å². The third kappa shape index (κ3) is 2.43.